The quantitative estimate of drug-likeness (QED) is 0.638. The zero-order valence-corrected chi connectivity index (χ0v) is 16.7. The van der Waals surface area contributed by atoms with Gasteiger partial charge in [0.1, 0.15) is 5.82 Å². The van der Waals surface area contributed by atoms with Crippen LogP contribution >= 0.6 is 0 Å². The molecule has 7 heteroatoms. The van der Waals surface area contributed by atoms with E-state index in [2.05, 4.69) is 38.9 Å². The molecule has 1 aromatic rings. The number of benzene rings is 1. The van der Waals surface area contributed by atoms with E-state index in [4.69, 9.17) is 4.74 Å². The largest absolute Gasteiger partial charge is 0.379 e. The number of guanidine groups is 1. The molecule has 0 aliphatic carbocycles. The molecule has 3 rings (SSSR count). The normalized spacial score (nSPS) is 23.4. The zero-order valence-electron chi connectivity index (χ0n) is 16.7. The van der Waals surface area contributed by atoms with Gasteiger partial charge in [0.05, 0.1) is 13.2 Å². The van der Waals surface area contributed by atoms with Crippen LogP contribution in [0.1, 0.15) is 13.8 Å². The van der Waals surface area contributed by atoms with Crippen molar-refractivity contribution in [2.24, 2.45) is 4.99 Å². The summed E-state index contributed by atoms with van der Waals surface area (Å²) in [6.07, 6.45) is 0. The van der Waals surface area contributed by atoms with Crippen molar-refractivity contribution in [1.82, 2.24) is 15.1 Å². The Kier molecular flexibility index (Phi) is 6.90. The van der Waals surface area contributed by atoms with Crippen LogP contribution in [-0.2, 0) is 4.74 Å². The Morgan fingerprint density at radius 1 is 1.22 bits per heavy atom. The monoisotopic (exact) mass is 377 g/mol. The fraction of sp³-hybridized carbons (Fsp3) is 0.650. The van der Waals surface area contributed by atoms with Gasteiger partial charge >= 0.3 is 0 Å². The van der Waals surface area contributed by atoms with Crippen LogP contribution < -0.4 is 10.2 Å². The van der Waals surface area contributed by atoms with Gasteiger partial charge in [-0.05, 0) is 38.1 Å². The number of aliphatic imine (C=N–C) groups is 1. The summed E-state index contributed by atoms with van der Waals surface area (Å²) in [4.78, 5) is 11.6. The van der Waals surface area contributed by atoms with Crippen molar-refractivity contribution in [2.45, 2.75) is 25.9 Å². The van der Waals surface area contributed by atoms with E-state index in [1.165, 1.54) is 12.1 Å². The Balaban J connectivity index is 1.48. The lowest BCUT2D eigenvalue weighted by Crippen LogP contribution is -2.56. The molecule has 2 aliphatic rings. The summed E-state index contributed by atoms with van der Waals surface area (Å²) in [5.74, 6) is 0.771. The van der Waals surface area contributed by atoms with E-state index in [-0.39, 0.29) is 5.82 Å². The molecule has 1 aromatic carbocycles. The number of ether oxygens (including phenoxy) is 1. The number of hydrogen-bond donors (Lipinski definition) is 1. The topological polar surface area (TPSA) is 43.3 Å². The molecule has 1 N–H and O–H groups in total. The number of morpholine rings is 1. The third-order valence-corrected chi connectivity index (χ3v) is 5.52. The molecular weight excluding hydrogens is 345 g/mol. The summed E-state index contributed by atoms with van der Waals surface area (Å²) in [6, 6.07) is 7.64. The molecular formula is C20H32FN5O. The van der Waals surface area contributed by atoms with Crippen LogP contribution in [0.2, 0.25) is 0 Å². The molecule has 2 heterocycles. The average Bonchev–Trinajstić information content (AvgIpc) is 2.70. The third-order valence-electron chi connectivity index (χ3n) is 5.52. The van der Waals surface area contributed by atoms with Crippen molar-refractivity contribution in [1.29, 1.82) is 0 Å². The molecule has 0 spiro atoms. The minimum Gasteiger partial charge on any atom is -0.379 e. The second-order valence-electron chi connectivity index (χ2n) is 7.39. The number of nitrogens with zero attached hydrogens (tertiary/aromatic N) is 4. The maximum Gasteiger partial charge on any atom is 0.193 e. The lowest BCUT2D eigenvalue weighted by atomic mass is 10.2. The molecule has 0 aromatic heterocycles. The number of anilines is 1. The molecule has 150 valence electrons. The van der Waals surface area contributed by atoms with Gasteiger partial charge in [-0.2, -0.15) is 0 Å². The molecule has 0 amide bonds. The third kappa shape index (κ3) is 5.11. The smallest absolute Gasteiger partial charge is 0.193 e. The Morgan fingerprint density at radius 2 is 1.93 bits per heavy atom. The molecule has 0 saturated carbocycles. The Labute approximate surface area is 162 Å². The van der Waals surface area contributed by atoms with E-state index in [1.807, 2.05) is 19.2 Å². The fourth-order valence-corrected chi connectivity index (χ4v) is 3.91. The lowest BCUT2D eigenvalue weighted by molar-refractivity contribution is -0.0175. The second kappa shape index (κ2) is 9.37. The van der Waals surface area contributed by atoms with Crippen LogP contribution in [0, 0.1) is 5.82 Å². The van der Waals surface area contributed by atoms with Crippen molar-refractivity contribution in [3.63, 3.8) is 0 Å². The van der Waals surface area contributed by atoms with E-state index < -0.39 is 0 Å². The molecule has 27 heavy (non-hydrogen) atoms. The number of piperazine rings is 1. The predicted octanol–water partition coefficient (Wildman–Crippen LogP) is 1.63. The number of rotatable bonds is 4. The first-order valence-electron chi connectivity index (χ1n) is 9.88. The van der Waals surface area contributed by atoms with Crippen molar-refractivity contribution in [2.75, 3.05) is 64.4 Å². The number of hydrogen-bond acceptors (Lipinski definition) is 4. The van der Waals surface area contributed by atoms with Crippen molar-refractivity contribution < 1.29 is 9.13 Å². The number of halogens is 1. The molecule has 2 aliphatic heterocycles. The van der Waals surface area contributed by atoms with Gasteiger partial charge in [-0.15, -0.1) is 0 Å². The van der Waals surface area contributed by atoms with Crippen LogP contribution in [0.3, 0.4) is 0 Å². The minimum atomic E-state index is -0.189. The fourth-order valence-electron chi connectivity index (χ4n) is 3.91. The summed E-state index contributed by atoms with van der Waals surface area (Å²) >= 11 is 0. The Hall–Kier alpha value is -1.86. The van der Waals surface area contributed by atoms with Crippen LogP contribution in [0.5, 0.6) is 0 Å². The van der Waals surface area contributed by atoms with Gasteiger partial charge in [0, 0.05) is 64.1 Å². The maximum atomic E-state index is 13.1. The first-order valence-corrected chi connectivity index (χ1v) is 9.88. The van der Waals surface area contributed by atoms with Gasteiger partial charge in [-0.25, -0.2) is 4.39 Å². The standard InChI is InChI=1S/C20H32FN5O/c1-16(26-12-13-27-15-17(26)2)14-23-20(22-3)25-10-8-24(9-11-25)19-6-4-18(21)5-7-19/h4-7,16-17H,8-15H2,1-3H3,(H,22,23). The van der Waals surface area contributed by atoms with E-state index in [9.17, 15) is 4.39 Å². The van der Waals surface area contributed by atoms with E-state index in [0.717, 1.165) is 64.1 Å². The minimum absolute atomic E-state index is 0.189. The zero-order chi connectivity index (χ0) is 19.2. The molecule has 0 bridgehead atoms. The van der Waals surface area contributed by atoms with Gasteiger partial charge in [0.2, 0.25) is 0 Å². The summed E-state index contributed by atoms with van der Waals surface area (Å²) in [5, 5.41) is 3.54. The van der Waals surface area contributed by atoms with Gasteiger partial charge in [0.25, 0.3) is 0 Å². The van der Waals surface area contributed by atoms with Crippen molar-refractivity contribution >= 4 is 11.6 Å². The second-order valence-corrected chi connectivity index (χ2v) is 7.39. The molecule has 2 atom stereocenters. The van der Waals surface area contributed by atoms with Gasteiger partial charge in [-0.3, -0.25) is 9.89 Å². The van der Waals surface area contributed by atoms with Gasteiger partial charge in [-0.1, -0.05) is 0 Å². The highest BCUT2D eigenvalue weighted by molar-refractivity contribution is 5.80. The molecule has 6 nitrogen and oxygen atoms in total. The average molecular weight is 378 g/mol. The van der Waals surface area contributed by atoms with Crippen molar-refractivity contribution in [3.05, 3.63) is 30.1 Å². The lowest BCUT2D eigenvalue weighted by Gasteiger charge is -2.40. The van der Waals surface area contributed by atoms with Crippen LogP contribution in [0.15, 0.2) is 29.3 Å². The van der Waals surface area contributed by atoms with Crippen LogP contribution in [-0.4, -0.2) is 87.4 Å². The van der Waals surface area contributed by atoms with E-state index in [1.54, 1.807) is 0 Å². The summed E-state index contributed by atoms with van der Waals surface area (Å²) in [7, 11) is 1.84. The Morgan fingerprint density at radius 3 is 2.56 bits per heavy atom. The Bertz CT molecular complexity index is 615. The molecule has 2 unspecified atom stereocenters. The van der Waals surface area contributed by atoms with E-state index >= 15 is 0 Å². The highest BCUT2D eigenvalue weighted by Gasteiger charge is 2.25. The predicted molar refractivity (Wildman–Crippen MR) is 108 cm³/mol. The van der Waals surface area contributed by atoms with Crippen molar-refractivity contribution in [3.8, 4) is 0 Å². The van der Waals surface area contributed by atoms with Gasteiger partial charge in [0.15, 0.2) is 5.96 Å². The summed E-state index contributed by atoms with van der Waals surface area (Å²) in [5.41, 5.74) is 1.08. The summed E-state index contributed by atoms with van der Waals surface area (Å²) in [6.45, 7) is 11.6. The van der Waals surface area contributed by atoms with Crippen LogP contribution in [0.4, 0.5) is 10.1 Å². The number of nitrogens with one attached hydrogen (secondary N) is 1. The first kappa shape index (κ1) is 19.9. The van der Waals surface area contributed by atoms with Gasteiger partial charge < -0.3 is 19.9 Å². The van der Waals surface area contributed by atoms with E-state index in [0.29, 0.717) is 12.1 Å². The highest BCUT2D eigenvalue weighted by atomic mass is 19.1. The molecule has 0 radical (unpaired) electrons. The molecule has 2 saturated heterocycles. The van der Waals surface area contributed by atoms with Crippen LogP contribution in [0.25, 0.3) is 0 Å². The molecule has 2 fully saturated rings. The summed E-state index contributed by atoms with van der Waals surface area (Å²) < 4.78 is 18.7. The first-order chi connectivity index (χ1) is 13.1. The highest BCUT2D eigenvalue weighted by Crippen LogP contribution is 2.17. The maximum absolute atomic E-state index is 13.1. The SMILES string of the molecule is CN=C(NCC(C)N1CCOCC1C)N1CCN(c2ccc(F)cc2)CC1.